The Morgan fingerprint density at radius 3 is 2.50 bits per heavy atom. The number of rotatable bonds is 3. The maximum atomic E-state index is 5.86. The zero-order chi connectivity index (χ0) is 22.5. The first kappa shape index (κ1) is 21.9. The van der Waals surface area contributed by atoms with Gasteiger partial charge in [-0.3, -0.25) is 9.38 Å². The van der Waals surface area contributed by atoms with E-state index in [4.69, 9.17) is 10.5 Å². The molecule has 0 aliphatic heterocycles. The van der Waals surface area contributed by atoms with Crippen LogP contribution in [0.4, 0.5) is 0 Å². The Balaban J connectivity index is 0.000000260. The van der Waals surface area contributed by atoms with Gasteiger partial charge in [0, 0.05) is 18.4 Å². The SMILES string of the molecule is CC1CCC(N)CC1.Cc1ncc(C)c(-c2cnc3ccc(Oc4cccnc4)cn23)n1. The third kappa shape index (κ3) is 5.29. The van der Waals surface area contributed by atoms with Crippen molar-refractivity contribution in [2.24, 2.45) is 11.7 Å². The minimum absolute atomic E-state index is 0.520. The Hall–Kier alpha value is -3.32. The summed E-state index contributed by atoms with van der Waals surface area (Å²) in [5.74, 6) is 3.06. The third-order valence-corrected chi connectivity index (χ3v) is 5.74. The van der Waals surface area contributed by atoms with E-state index in [1.54, 1.807) is 12.4 Å². The second-order valence-corrected chi connectivity index (χ2v) is 8.50. The van der Waals surface area contributed by atoms with Gasteiger partial charge >= 0.3 is 0 Å². The maximum absolute atomic E-state index is 5.86. The van der Waals surface area contributed by atoms with Crippen LogP contribution in [0.15, 0.2) is 55.2 Å². The van der Waals surface area contributed by atoms with E-state index in [0.717, 1.165) is 34.3 Å². The monoisotopic (exact) mass is 430 g/mol. The molecule has 0 bridgehead atoms. The largest absolute Gasteiger partial charge is 0.454 e. The van der Waals surface area contributed by atoms with E-state index < -0.39 is 0 Å². The van der Waals surface area contributed by atoms with E-state index in [1.807, 2.05) is 61.1 Å². The number of fused-ring (bicyclic) bond motifs is 1. The van der Waals surface area contributed by atoms with E-state index in [1.165, 1.54) is 25.7 Å². The zero-order valence-electron chi connectivity index (χ0n) is 18.9. The van der Waals surface area contributed by atoms with Crippen LogP contribution in [0.2, 0.25) is 0 Å². The average molecular weight is 431 g/mol. The van der Waals surface area contributed by atoms with Crippen LogP contribution in [0.5, 0.6) is 11.5 Å². The smallest absolute Gasteiger partial charge is 0.145 e. The molecule has 2 N–H and O–H groups in total. The molecule has 0 amide bonds. The first-order valence-electron chi connectivity index (χ1n) is 11.1. The lowest BCUT2D eigenvalue weighted by Gasteiger charge is -2.22. The minimum atomic E-state index is 0.520. The molecule has 166 valence electrons. The van der Waals surface area contributed by atoms with Crippen LogP contribution in [-0.4, -0.2) is 30.4 Å². The standard InChI is InChI=1S/C18H15N5O.C7H15N/c1-12-8-20-13(2)22-18(12)16-10-21-17-6-5-15(11-23(16)17)24-14-4-3-7-19-9-14;1-6-2-4-7(8)5-3-6/h3-11H,1-2H3;6-7H,2-5,8H2,1H3. The summed E-state index contributed by atoms with van der Waals surface area (Å²) in [5, 5.41) is 0. The lowest BCUT2D eigenvalue weighted by molar-refractivity contribution is 0.348. The van der Waals surface area contributed by atoms with Gasteiger partial charge in [0.25, 0.3) is 0 Å². The number of nitrogens with two attached hydrogens (primary N) is 1. The van der Waals surface area contributed by atoms with Crippen LogP contribution in [0.3, 0.4) is 0 Å². The molecule has 1 saturated carbocycles. The molecule has 0 unspecified atom stereocenters. The second-order valence-electron chi connectivity index (χ2n) is 8.50. The molecule has 0 aromatic carbocycles. The summed E-state index contributed by atoms with van der Waals surface area (Å²) in [7, 11) is 0. The predicted octanol–water partition coefficient (Wildman–Crippen LogP) is 5.12. The number of nitrogens with zero attached hydrogens (tertiary/aromatic N) is 5. The van der Waals surface area contributed by atoms with Crippen molar-refractivity contribution >= 4 is 5.65 Å². The molecule has 0 radical (unpaired) electrons. The molecular weight excluding hydrogens is 400 g/mol. The maximum Gasteiger partial charge on any atom is 0.145 e. The summed E-state index contributed by atoms with van der Waals surface area (Å²) in [6.07, 6.45) is 14.1. The zero-order valence-corrected chi connectivity index (χ0v) is 18.9. The fraction of sp³-hybridized carbons (Fsp3) is 0.360. The molecule has 4 heterocycles. The molecule has 0 spiro atoms. The number of ether oxygens (including phenoxy) is 1. The second kappa shape index (κ2) is 9.87. The third-order valence-electron chi connectivity index (χ3n) is 5.74. The lowest BCUT2D eigenvalue weighted by atomic mass is 9.88. The summed E-state index contributed by atoms with van der Waals surface area (Å²) in [4.78, 5) is 17.3. The summed E-state index contributed by atoms with van der Waals surface area (Å²) in [6.45, 7) is 6.18. The van der Waals surface area contributed by atoms with Gasteiger partial charge in [-0.05, 0) is 75.3 Å². The van der Waals surface area contributed by atoms with Crippen molar-refractivity contribution in [3.8, 4) is 22.9 Å². The van der Waals surface area contributed by atoms with E-state index in [0.29, 0.717) is 17.5 Å². The molecule has 4 aromatic heterocycles. The van der Waals surface area contributed by atoms with Crippen molar-refractivity contribution in [3.63, 3.8) is 0 Å². The minimum Gasteiger partial charge on any atom is -0.454 e. The van der Waals surface area contributed by atoms with Crippen LogP contribution in [0.25, 0.3) is 17.0 Å². The molecule has 7 heteroatoms. The van der Waals surface area contributed by atoms with Crippen LogP contribution in [0.1, 0.15) is 44.0 Å². The molecule has 4 aromatic rings. The van der Waals surface area contributed by atoms with Crippen LogP contribution >= 0.6 is 0 Å². The fourth-order valence-corrected chi connectivity index (χ4v) is 3.82. The lowest BCUT2D eigenvalue weighted by Crippen LogP contribution is -2.25. The van der Waals surface area contributed by atoms with Gasteiger partial charge in [0.2, 0.25) is 0 Å². The highest BCUT2D eigenvalue weighted by Crippen LogP contribution is 2.26. The quantitative estimate of drug-likeness (QED) is 0.485. The van der Waals surface area contributed by atoms with Gasteiger partial charge < -0.3 is 10.5 Å². The number of pyridine rings is 2. The first-order valence-corrected chi connectivity index (χ1v) is 11.1. The van der Waals surface area contributed by atoms with Crippen molar-refractivity contribution in [1.29, 1.82) is 0 Å². The molecule has 0 saturated heterocycles. The fourth-order valence-electron chi connectivity index (χ4n) is 3.82. The van der Waals surface area contributed by atoms with Crippen LogP contribution in [0, 0.1) is 19.8 Å². The van der Waals surface area contributed by atoms with Crippen LogP contribution in [-0.2, 0) is 0 Å². The van der Waals surface area contributed by atoms with E-state index in [9.17, 15) is 0 Å². The average Bonchev–Trinajstić information content (AvgIpc) is 3.22. The summed E-state index contributed by atoms with van der Waals surface area (Å²) in [5.41, 5.74) is 9.31. The Morgan fingerprint density at radius 1 is 0.969 bits per heavy atom. The number of aromatic nitrogens is 5. The van der Waals surface area contributed by atoms with E-state index in [-0.39, 0.29) is 0 Å². The Morgan fingerprint density at radius 2 is 1.78 bits per heavy atom. The van der Waals surface area contributed by atoms with Crippen molar-refractivity contribution in [2.75, 3.05) is 0 Å². The van der Waals surface area contributed by atoms with E-state index in [2.05, 4.69) is 26.9 Å². The van der Waals surface area contributed by atoms with Gasteiger partial charge in [0.05, 0.1) is 30.0 Å². The van der Waals surface area contributed by atoms with Gasteiger partial charge in [-0.15, -0.1) is 0 Å². The summed E-state index contributed by atoms with van der Waals surface area (Å²) in [6, 6.07) is 8.02. The number of aryl methyl sites for hydroxylation is 2. The van der Waals surface area contributed by atoms with Gasteiger partial charge in [-0.2, -0.15) is 0 Å². The topological polar surface area (TPSA) is 91.2 Å². The van der Waals surface area contributed by atoms with Gasteiger partial charge in [-0.1, -0.05) is 6.92 Å². The predicted molar refractivity (Wildman–Crippen MR) is 126 cm³/mol. The Labute approximate surface area is 188 Å². The van der Waals surface area contributed by atoms with Crippen molar-refractivity contribution in [1.82, 2.24) is 24.3 Å². The molecule has 7 nitrogen and oxygen atoms in total. The van der Waals surface area contributed by atoms with Gasteiger partial charge in [0.1, 0.15) is 23.0 Å². The highest BCUT2D eigenvalue weighted by Gasteiger charge is 2.14. The molecule has 1 aliphatic rings. The molecule has 32 heavy (non-hydrogen) atoms. The summed E-state index contributed by atoms with van der Waals surface area (Å²) >= 11 is 0. The molecule has 5 rings (SSSR count). The van der Waals surface area contributed by atoms with Crippen molar-refractivity contribution in [3.05, 3.63) is 66.6 Å². The Kier molecular flexibility index (Phi) is 6.75. The van der Waals surface area contributed by atoms with Crippen molar-refractivity contribution < 1.29 is 4.74 Å². The summed E-state index contributed by atoms with van der Waals surface area (Å²) < 4.78 is 7.83. The van der Waals surface area contributed by atoms with Gasteiger partial charge in [-0.25, -0.2) is 15.0 Å². The molecular formula is C25H30N6O. The number of imidazole rings is 1. The molecule has 1 fully saturated rings. The first-order chi connectivity index (χ1) is 15.5. The van der Waals surface area contributed by atoms with Crippen LogP contribution < -0.4 is 10.5 Å². The molecule has 0 atom stereocenters. The highest BCUT2D eigenvalue weighted by molar-refractivity contribution is 5.63. The van der Waals surface area contributed by atoms with Gasteiger partial charge in [0.15, 0.2) is 0 Å². The normalized spacial score (nSPS) is 18.1. The van der Waals surface area contributed by atoms with Crippen molar-refractivity contribution in [2.45, 2.75) is 52.5 Å². The number of hydrogen-bond donors (Lipinski definition) is 1. The highest BCUT2D eigenvalue weighted by atomic mass is 16.5. The number of hydrogen-bond acceptors (Lipinski definition) is 6. The molecule has 1 aliphatic carbocycles. The Bertz CT molecular complexity index is 1160. The van der Waals surface area contributed by atoms with E-state index >= 15 is 0 Å².